The summed E-state index contributed by atoms with van der Waals surface area (Å²) in [7, 11) is 1.57. The second-order valence-electron chi connectivity index (χ2n) is 6.97. The molecule has 1 aliphatic rings. The van der Waals surface area contributed by atoms with E-state index in [0.717, 1.165) is 0 Å². The highest BCUT2D eigenvalue weighted by Crippen LogP contribution is 2.40. The summed E-state index contributed by atoms with van der Waals surface area (Å²) >= 11 is 12.1. The van der Waals surface area contributed by atoms with Crippen LogP contribution in [0, 0.1) is 0 Å². The van der Waals surface area contributed by atoms with Crippen LogP contribution in [0.25, 0.3) is 5.76 Å². The van der Waals surface area contributed by atoms with Crippen LogP contribution in [0.4, 0.5) is 0 Å². The Labute approximate surface area is 191 Å². The lowest BCUT2D eigenvalue weighted by atomic mass is 9.95. The zero-order valence-electron chi connectivity index (χ0n) is 17.2. The quantitative estimate of drug-likeness (QED) is 0.262. The van der Waals surface area contributed by atoms with Gasteiger partial charge in [-0.3, -0.25) is 9.59 Å². The first-order valence-electron chi connectivity index (χ1n) is 9.84. The molecular formula is C23H23Cl2NO5. The van der Waals surface area contributed by atoms with Crippen molar-refractivity contribution in [3.63, 3.8) is 0 Å². The zero-order chi connectivity index (χ0) is 22.5. The van der Waals surface area contributed by atoms with Gasteiger partial charge in [0.25, 0.3) is 11.7 Å². The number of hydrogen-bond donors (Lipinski definition) is 1. The number of benzene rings is 2. The number of carbonyl (C=O) groups is 2. The summed E-state index contributed by atoms with van der Waals surface area (Å²) < 4.78 is 10.6. The highest BCUT2D eigenvalue weighted by molar-refractivity contribution is 6.46. The van der Waals surface area contributed by atoms with Gasteiger partial charge in [-0.15, -0.1) is 0 Å². The molecule has 0 saturated carbocycles. The minimum absolute atomic E-state index is 0.00460. The lowest BCUT2D eigenvalue weighted by Gasteiger charge is -2.25. The first kappa shape index (κ1) is 23.1. The molecule has 1 fully saturated rings. The number of aliphatic hydroxyl groups excluding tert-OH is 1. The molecule has 1 N–H and O–H groups in total. The van der Waals surface area contributed by atoms with Gasteiger partial charge in [-0.2, -0.15) is 0 Å². The number of ketones is 1. The topological polar surface area (TPSA) is 76.1 Å². The Morgan fingerprint density at radius 1 is 1.10 bits per heavy atom. The first-order valence-corrected chi connectivity index (χ1v) is 10.6. The molecule has 1 atom stereocenters. The van der Waals surface area contributed by atoms with Gasteiger partial charge in [0.1, 0.15) is 11.5 Å². The predicted octanol–water partition coefficient (Wildman–Crippen LogP) is 4.85. The summed E-state index contributed by atoms with van der Waals surface area (Å²) in [4.78, 5) is 27.2. The first-order chi connectivity index (χ1) is 14.9. The molecule has 164 valence electrons. The van der Waals surface area contributed by atoms with Crippen LogP contribution in [-0.4, -0.2) is 48.6 Å². The van der Waals surface area contributed by atoms with Gasteiger partial charge >= 0.3 is 0 Å². The fourth-order valence-electron chi connectivity index (χ4n) is 3.55. The molecule has 1 heterocycles. The minimum Gasteiger partial charge on any atom is -0.507 e. The van der Waals surface area contributed by atoms with Crippen molar-refractivity contribution in [1.29, 1.82) is 0 Å². The van der Waals surface area contributed by atoms with Crippen LogP contribution in [0.2, 0.25) is 10.0 Å². The molecular weight excluding hydrogens is 441 g/mol. The number of ether oxygens (including phenoxy) is 2. The van der Waals surface area contributed by atoms with E-state index in [0.29, 0.717) is 48.1 Å². The lowest BCUT2D eigenvalue weighted by Crippen LogP contribution is -2.31. The van der Waals surface area contributed by atoms with Crippen molar-refractivity contribution in [2.45, 2.75) is 19.4 Å². The van der Waals surface area contributed by atoms with Crippen molar-refractivity contribution in [1.82, 2.24) is 4.90 Å². The maximum Gasteiger partial charge on any atom is 0.295 e. The van der Waals surface area contributed by atoms with Crippen LogP contribution in [-0.2, 0) is 14.3 Å². The highest BCUT2D eigenvalue weighted by atomic mass is 35.5. The molecule has 2 aromatic rings. The molecule has 0 aliphatic carbocycles. The molecule has 0 spiro atoms. The van der Waals surface area contributed by atoms with Gasteiger partial charge in [0, 0.05) is 25.8 Å². The fourth-order valence-corrected chi connectivity index (χ4v) is 3.85. The number of halogens is 2. The summed E-state index contributed by atoms with van der Waals surface area (Å²) in [6, 6.07) is 10.9. The molecule has 1 amide bonds. The molecule has 3 rings (SSSR count). The van der Waals surface area contributed by atoms with E-state index in [4.69, 9.17) is 32.7 Å². The molecule has 0 aromatic heterocycles. The maximum absolute atomic E-state index is 12.9. The summed E-state index contributed by atoms with van der Waals surface area (Å²) in [5.74, 6) is -1.05. The Balaban J connectivity index is 2.10. The standard InChI is InChI=1S/C23H23Cl2NO5/c1-3-31-16-8-5-14(6-9-16)20-19(21(27)15-7-10-17(24)18(25)13-15)22(28)23(29)26(20)11-4-12-30-2/h5-10,13,20,27H,3-4,11-12H2,1-2H3/b21-19-. The Morgan fingerprint density at radius 3 is 2.42 bits per heavy atom. The number of Topliss-reactive ketones (excluding diaryl/α,β-unsaturated/α-hetero) is 1. The largest absolute Gasteiger partial charge is 0.507 e. The predicted molar refractivity (Wildman–Crippen MR) is 120 cm³/mol. The number of carbonyl (C=O) groups excluding carboxylic acids is 2. The number of rotatable bonds is 8. The number of aliphatic hydroxyl groups is 1. The van der Waals surface area contributed by atoms with E-state index < -0.39 is 17.7 Å². The van der Waals surface area contributed by atoms with E-state index >= 15 is 0 Å². The van der Waals surface area contributed by atoms with Crippen molar-refractivity contribution < 1.29 is 24.2 Å². The van der Waals surface area contributed by atoms with E-state index in [9.17, 15) is 14.7 Å². The van der Waals surface area contributed by atoms with Gasteiger partial charge in [-0.1, -0.05) is 35.3 Å². The normalized spacial score (nSPS) is 17.9. The molecule has 6 nitrogen and oxygen atoms in total. The number of methoxy groups -OCH3 is 1. The second-order valence-corrected chi connectivity index (χ2v) is 7.78. The Morgan fingerprint density at radius 2 is 1.81 bits per heavy atom. The van der Waals surface area contributed by atoms with E-state index in [1.165, 1.54) is 17.0 Å². The lowest BCUT2D eigenvalue weighted by molar-refractivity contribution is -0.140. The Bertz CT molecular complexity index is 1000. The monoisotopic (exact) mass is 463 g/mol. The number of amides is 1. The van der Waals surface area contributed by atoms with Crippen molar-refractivity contribution in [3.8, 4) is 5.75 Å². The highest BCUT2D eigenvalue weighted by Gasteiger charge is 2.45. The molecule has 1 saturated heterocycles. The Kier molecular flexibility index (Phi) is 7.59. The average molecular weight is 464 g/mol. The van der Waals surface area contributed by atoms with E-state index in [-0.39, 0.29) is 16.4 Å². The van der Waals surface area contributed by atoms with Crippen molar-refractivity contribution in [2.75, 3.05) is 26.9 Å². The number of nitrogens with zero attached hydrogens (tertiary/aromatic N) is 1. The summed E-state index contributed by atoms with van der Waals surface area (Å²) in [5.41, 5.74) is 0.992. The van der Waals surface area contributed by atoms with Crippen LogP contribution in [0.5, 0.6) is 5.75 Å². The van der Waals surface area contributed by atoms with Crippen LogP contribution < -0.4 is 4.74 Å². The maximum atomic E-state index is 12.9. The third-order valence-electron chi connectivity index (χ3n) is 4.99. The fraction of sp³-hybridized carbons (Fsp3) is 0.304. The van der Waals surface area contributed by atoms with Gasteiger partial charge in [-0.25, -0.2) is 0 Å². The smallest absolute Gasteiger partial charge is 0.295 e. The molecule has 2 aromatic carbocycles. The molecule has 31 heavy (non-hydrogen) atoms. The molecule has 0 bridgehead atoms. The van der Waals surface area contributed by atoms with Crippen LogP contribution in [0.1, 0.15) is 30.5 Å². The van der Waals surface area contributed by atoms with Gasteiger partial charge < -0.3 is 19.5 Å². The SMILES string of the molecule is CCOc1ccc(C2/C(=C(/O)c3ccc(Cl)c(Cl)c3)C(=O)C(=O)N2CCCOC)cc1. The number of hydrogen-bond acceptors (Lipinski definition) is 5. The number of likely N-dealkylation sites (tertiary alicyclic amines) is 1. The van der Waals surface area contributed by atoms with Crippen LogP contribution >= 0.6 is 23.2 Å². The van der Waals surface area contributed by atoms with Gasteiger partial charge in [0.15, 0.2) is 0 Å². The van der Waals surface area contributed by atoms with Gasteiger partial charge in [0.05, 0.1) is 28.3 Å². The Hall–Kier alpha value is -2.54. The third kappa shape index (κ3) is 4.87. The van der Waals surface area contributed by atoms with Crippen LogP contribution in [0.3, 0.4) is 0 Å². The summed E-state index contributed by atoms with van der Waals surface area (Å²) in [5, 5.41) is 11.6. The van der Waals surface area contributed by atoms with Crippen molar-refractivity contribution >= 4 is 40.7 Å². The zero-order valence-corrected chi connectivity index (χ0v) is 18.7. The van der Waals surface area contributed by atoms with Crippen LogP contribution in [0.15, 0.2) is 48.0 Å². The van der Waals surface area contributed by atoms with Gasteiger partial charge in [0.2, 0.25) is 0 Å². The molecule has 1 aliphatic heterocycles. The average Bonchev–Trinajstić information content (AvgIpc) is 3.01. The van der Waals surface area contributed by atoms with E-state index in [1.54, 1.807) is 37.4 Å². The molecule has 1 unspecified atom stereocenters. The van der Waals surface area contributed by atoms with E-state index in [1.807, 2.05) is 6.92 Å². The summed E-state index contributed by atoms with van der Waals surface area (Å²) in [6.45, 7) is 3.14. The summed E-state index contributed by atoms with van der Waals surface area (Å²) in [6.07, 6.45) is 0.546. The molecule has 8 heteroatoms. The van der Waals surface area contributed by atoms with Crippen molar-refractivity contribution in [2.24, 2.45) is 0 Å². The minimum atomic E-state index is -0.750. The third-order valence-corrected chi connectivity index (χ3v) is 5.73. The van der Waals surface area contributed by atoms with E-state index in [2.05, 4.69) is 0 Å². The van der Waals surface area contributed by atoms with Crippen molar-refractivity contribution in [3.05, 3.63) is 69.2 Å². The second kappa shape index (κ2) is 10.2. The van der Waals surface area contributed by atoms with Gasteiger partial charge in [-0.05, 0) is 49.2 Å². The molecule has 0 radical (unpaired) electrons.